The highest BCUT2D eigenvalue weighted by Crippen LogP contribution is 2.39. The van der Waals surface area contributed by atoms with E-state index in [1.165, 1.54) is 11.1 Å². The first kappa shape index (κ1) is 21.3. The summed E-state index contributed by atoms with van der Waals surface area (Å²) in [6, 6.07) is 27.2. The van der Waals surface area contributed by atoms with Crippen LogP contribution in [-0.2, 0) is 0 Å². The maximum absolute atomic E-state index is 6.18. The van der Waals surface area contributed by atoms with E-state index in [0.717, 1.165) is 34.1 Å². The lowest BCUT2D eigenvalue weighted by Crippen LogP contribution is -1.98. The van der Waals surface area contributed by atoms with Crippen LogP contribution in [-0.4, -0.2) is 0 Å². The summed E-state index contributed by atoms with van der Waals surface area (Å²) in [4.78, 5) is 0. The summed E-state index contributed by atoms with van der Waals surface area (Å²) >= 11 is 0. The molecule has 0 saturated heterocycles. The van der Waals surface area contributed by atoms with Crippen LogP contribution in [0.1, 0.15) is 30.9 Å². The van der Waals surface area contributed by atoms with Crippen molar-refractivity contribution in [3.8, 4) is 34.1 Å². The monoisotopic (exact) mass is 424 g/mol. The summed E-state index contributed by atoms with van der Waals surface area (Å²) in [6.07, 6.45) is 0. The third-order valence-corrected chi connectivity index (χ3v) is 5.44. The highest BCUT2D eigenvalue weighted by molar-refractivity contribution is 5.75. The van der Waals surface area contributed by atoms with Crippen molar-refractivity contribution in [3.05, 3.63) is 96.1 Å². The summed E-state index contributed by atoms with van der Waals surface area (Å²) in [5, 5.41) is 0. The van der Waals surface area contributed by atoms with Crippen molar-refractivity contribution < 1.29 is 9.47 Å². The van der Waals surface area contributed by atoms with Crippen LogP contribution in [0, 0.1) is 6.92 Å². The summed E-state index contributed by atoms with van der Waals surface area (Å²) in [6.45, 7) is 6.52. The summed E-state index contributed by atoms with van der Waals surface area (Å²) < 4.78 is 12.1. The first-order chi connectivity index (χ1) is 15.4. The minimum Gasteiger partial charge on any atom is -0.457 e. The average Bonchev–Trinajstić information content (AvgIpc) is 2.78. The van der Waals surface area contributed by atoms with Crippen LogP contribution in [0.3, 0.4) is 0 Å². The number of hydrogen-bond donors (Lipinski definition) is 2. The summed E-state index contributed by atoms with van der Waals surface area (Å²) in [5.74, 6) is 3.50. The molecule has 0 unspecified atom stereocenters. The molecule has 4 rings (SSSR count). The van der Waals surface area contributed by atoms with Gasteiger partial charge in [-0.2, -0.15) is 0 Å². The van der Waals surface area contributed by atoms with E-state index < -0.39 is 0 Å². The smallest absolute Gasteiger partial charge is 0.130 e. The van der Waals surface area contributed by atoms with Crippen LogP contribution in [0.2, 0.25) is 0 Å². The van der Waals surface area contributed by atoms with E-state index in [4.69, 9.17) is 20.9 Å². The van der Waals surface area contributed by atoms with Crippen LogP contribution in [0.4, 0.5) is 11.4 Å². The van der Waals surface area contributed by atoms with Gasteiger partial charge in [0.1, 0.15) is 23.0 Å². The van der Waals surface area contributed by atoms with Crippen LogP contribution < -0.4 is 20.9 Å². The van der Waals surface area contributed by atoms with Gasteiger partial charge in [0.15, 0.2) is 0 Å². The number of anilines is 2. The molecule has 0 aliphatic carbocycles. The molecule has 0 amide bonds. The van der Waals surface area contributed by atoms with Gasteiger partial charge >= 0.3 is 0 Å². The zero-order chi connectivity index (χ0) is 22.7. The predicted molar refractivity (Wildman–Crippen MR) is 133 cm³/mol. The van der Waals surface area contributed by atoms with Gasteiger partial charge in [-0.05, 0) is 102 Å². The van der Waals surface area contributed by atoms with Gasteiger partial charge < -0.3 is 20.9 Å². The Morgan fingerprint density at radius 2 is 1.06 bits per heavy atom. The molecule has 4 N–H and O–H groups in total. The Bertz CT molecular complexity index is 1200. The Labute approximate surface area is 189 Å². The molecule has 0 heterocycles. The van der Waals surface area contributed by atoms with Gasteiger partial charge in [0, 0.05) is 11.4 Å². The molecule has 0 atom stereocenters. The Kier molecular flexibility index (Phi) is 6.04. The molecule has 0 radical (unpaired) electrons. The van der Waals surface area contributed by atoms with Gasteiger partial charge in [0.25, 0.3) is 0 Å². The van der Waals surface area contributed by atoms with Crippen LogP contribution in [0.25, 0.3) is 11.1 Å². The Balaban J connectivity index is 1.66. The van der Waals surface area contributed by atoms with Gasteiger partial charge in [0.05, 0.1) is 0 Å². The zero-order valence-electron chi connectivity index (χ0n) is 18.6. The van der Waals surface area contributed by atoms with E-state index in [0.29, 0.717) is 17.3 Å². The first-order valence-electron chi connectivity index (χ1n) is 10.7. The molecule has 0 spiro atoms. The number of hydrogen-bond acceptors (Lipinski definition) is 4. The quantitative estimate of drug-likeness (QED) is 0.314. The highest BCUT2D eigenvalue weighted by Gasteiger charge is 2.16. The van der Waals surface area contributed by atoms with E-state index in [1.54, 1.807) is 0 Å². The fourth-order valence-electron chi connectivity index (χ4n) is 3.71. The molecular formula is C28H28N2O2. The van der Waals surface area contributed by atoms with Crippen molar-refractivity contribution in [1.82, 2.24) is 0 Å². The Morgan fingerprint density at radius 3 is 1.56 bits per heavy atom. The standard InChI is InChI=1S/C28H28N2O2/c1-18(2)26-16-17-27(32-25-14-8-22(30)9-15-25)19(3)28(26)20-4-10-23(11-5-20)31-24-12-6-21(29)7-13-24/h4-18H,29-30H2,1-3H3. The zero-order valence-corrected chi connectivity index (χ0v) is 18.6. The van der Waals surface area contributed by atoms with E-state index in [-0.39, 0.29) is 0 Å². The van der Waals surface area contributed by atoms with Crippen molar-refractivity contribution in [1.29, 1.82) is 0 Å². The topological polar surface area (TPSA) is 70.5 Å². The van der Waals surface area contributed by atoms with Crippen LogP contribution >= 0.6 is 0 Å². The van der Waals surface area contributed by atoms with Crippen molar-refractivity contribution in [3.63, 3.8) is 0 Å². The normalized spacial score (nSPS) is 10.9. The van der Waals surface area contributed by atoms with Crippen molar-refractivity contribution in [2.75, 3.05) is 11.5 Å². The molecule has 0 aliphatic rings. The van der Waals surface area contributed by atoms with Crippen LogP contribution in [0.5, 0.6) is 23.0 Å². The second-order valence-electron chi connectivity index (χ2n) is 8.17. The molecule has 0 aliphatic heterocycles. The third kappa shape index (κ3) is 4.70. The Hall–Kier alpha value is -3.92. The molecule has 0 aromatic heterocycles. The summed E-state index contributed by atoms with van der Waals surface area (Å²) in [5.41, 5.74) is 17.7. The molecule has 0 bridgehead atoms. The van der Waals surface area contributed by atoms with Gasteiger partial charge in [-0.3, -0.25) is 0 Å². The fourth-order valence-corrected chi connectivity index (χ4v) is 3.71. The molecule has 0 saturated carbocycles. The molecule has 0 fully saturated rings. The van der Waals surface area contributed by atoms with Crippen molar-refractivity contribution in [2.45, 2.75) is 26.7 Å². The van der Waals surface area contributed by atoms with Gasteiger partial charge in [-0.1, -0.05) is 32.0 Å². The average molecular weight is 425 g/mol. The molecule has 32 heavy (non-hydrogen) atoms. The lowest BCUT2D eigenvalue weighted by molar-refractivity contribution is 0.479. The van der Waals surface area contributed by atoms with Crippen molar-refractivity contribution >= 4 is 11.4 Å². The lowest BCUT2D eigenvalue weighted by atomic mass is 9.89. The van der Waals surface area contributed by atoms with Gasteiger partial charge in [0.2, 0.25) is 0 Å². The van der Waals surface area contributed by atoms with E-state index in [2.05, 4.69) is 39.0 Å². The highest BCUT2D eigenvalue weighted by atomic mass is 16.5. The van der Waals surface area contributed by atoms with Crippen LogP contribution in [0.15, 0.2) is 84.9 Å². The number of nitrogen functional groups attached to an aromatic ring is 2. The fraction of sp³-hybridized carbons (Fsp3) is 0.143. The van der Waals surface area contributed by atoms with E-state index >= 15 is 0 Å². The van der Waals surface area contributed by atoms with Gasteiger partial charge in [-0.15, -0.1) is 0 Å². The lowest BCUT2D eigenvalue weighted by Gasteiger charge is -2.19. The molecule has 162 valence electrons. The second kappa shape index (κ2) is 9.06. The molecule has 4 aromatic rings. The first-order valence-corrected chi connectivity index (χ1v) is 10.7. The number of ether oxygens (including phenoxy) is 2. The van der Waals surface area contributed by atoms with E-state index in [1.807, 2.05) is 66.7 Å². The minimum atomic E-state index is 0.375. The molecular weight excluding hydrogens is 396 g/mol. The Morgan fingerprint density at radius 1 is 0.594 bits per heavy atom. The largest absolute Gasteiger partial charge is 0.457 e. The predicted octanol–water partition coefficient (Wildman–Crippen LogP) is 7.53. The third-order valence-electron chi connectivity index (χ3n) is 5.44. The maximum Gasteiger partial charge on any atom is 0.130 e. The second-order valence-corrected chi connectivity index (χ2v) is 8.17. The van der Waals surface area contributed by atoms with Crippen molar-refractivity contribution in [2.24, 2.45) is 0 Å². The number of rotatable bonds is 6. The number of benzene rings is 4. The minimum absolute atomic E-state index is 0.375. The summed E-state index contributed by atoms with van der Waals surface area (Å²) in [7, 11) is 0. The number of nitrogens with two attached hydrogens (primary N) is 2. The molecule has 4 heteroatoms. The molecule has 4 nitrogen and oxygen atoms in total. The van der Waals surface area contributed by atoms with Gasteiger partial charge in [-0.25, -0.2) is 0 Å². The molecule has 4 aromatic carbocycles. The SMILES string of the molecule is Cc1c(Oc2ccc(N)cc2)ccc(C(C)C)c1-c1ccc(Oc2ccc(N)cc2)cc1. The maximum atomic E-state index is 6.18. The van der Waals surface area contributed by atoms with E-state index in [9.17, 15) is 0 Å².